The smallest absolute Gasteiger partial charge is 0.335 e. The fourth-order valence-corrected chi connectivity index (χ4v) is 3.87. The van der Waals surface area contributed by atoms with Crippen molar-refractivity contribution in [3.8, 4) is 0 Å². The van der Waals surface area contributed by atoms with Gasteiger partial charge >= 0.3 is 29.8 Å². The highest BCUT2D eigenvalue weighted by Gasteiger charge is 2.53. The highest BCUT2D eigenvalue weighted by molar-refractivity contribution is 5.75. The van der Waals surface area contributed by atoms with E-state index >= 15 is 0 Å². The van der Waals surface area contributed by atoms with Crippen molar-refractivity contribution in [1.29, 1.82) is 0 Å². The molecule has 0 radical (unpaired) electrons. The summed E-state index contributed by atoms with van der Waals surface area (Å²) in [6, 6.07) is 0. The number of carbonyl (C=O) groups excluding carboxylic acids is 5. The molecule has 7 atom stereocenters. The molecule has 2 aliphatic heterocycles. The van der Waals surface area contributed by atoms with Gasteiger partial charge in [0, 0.05) is 34.1 Å². The zero-order valence-corrected chi connectivity index (χ0v) is 22.0. The number of carbonyl (C=O) groups is 5. The Balaban J connectivity index is 2.45. The molecular formula is C24H34O13. The number of ether oxygens (including phenoxy) is 8. The molecule has 208 valence electrons. The van der Waals surface area contributed by atoms with E-state index in [9.17, 15) is 24.0 Å². The molecule has 1 saturated heterocycles. The van der Waals surface area contributed by atoms with Crippen molar-refractivity contribution >= 4 is 29.8 Å². The Morgan fingerprint density at radius 2 is 1.35 bits per heavy atom. The minimum atomic E-state index is -1.45. The van der Waals surface area contributed by atoms with Crippen LogP contribution in [0.2, 0.25) is 0 Å². The highest BCUT2D eigenvalue weighted by Crippen LogP contribution is 2.34. The summed E-state index contributed by atoms with van der Waals surface area (Å²) in [4.78, 5) is 59.6. The molecule has 0 aromatic heterocycles. The second-order valence-corrected chi connectivity index (χ2v) is 8.58. The summed E-state index contributed by atoms with van der Waals surface area (Å²) in [5, 5.41) is 0. The third-order valence-electron chi connectivity index (χ3n) is 5.56. The van der Waals surface area contributed by atoms with Gasteiger partial charge in [0.15, 0.2) is 30.7 Å². The van der Waals surface area contributed by atoms with E-state index in [0.29, 0.717) is 5.57 Å². The van der Waals surface area contributed by atoms with Crippen molar-refractivity contribution in [3.05, 3.63) is 11.1 Å². The Morgan fingerprint density at radius 1 is 0.784 bits per heavy atom. The van der Waals surface area contributed by atoms with Crippen LogP contribution in [0.5, 0.6) is 0 Å². The first-order valence-corrected chi connectivity index (χ1v) is 11.8. The summed E-state index contributed by atoms with van der Waals surface area (Å²) in [7, 11) is 0. The Hall–Kier alpha value is -3.03. The Bertz CT molecular complexity index is 910. The lowest BCUT2D eigenvalue weighted by atomic mass is 9.97. The molecule has 2 aliphatic rings. The second-order valence-electron chi connectivity index (χ2n) is 8.58. The van der Waals surface area contributed by atoms with E-state index in [1.54, 1.807) is 20.8 Å². The van der Waals surface area contributed by atoms with Gasteiger partial charge < -0.3 is 37.9 Å². The maximum absolute atomic E-state index is 12.3. The zero-order chi connectivity index (χ0) is 27.9. The number of esters is 5. The lowest BCUT2D eigenvalue weighted by molar-refractivity contribution is -0.338. The molecule has 2 heterocycles. The molecule has 1 fully saturated rings. The van der Waals surface area contributed by atoms with Gasteiger partial charge in [0.25, 0.3) is 0 Å². The summed E-state index contributed by atoms with van der Waals surface area (Å²) in [5.74, 6) is -3.51. The summed E-state index contributed by atoms with van der Waals surface area (Å²) in [5.41, 5.74) is 1.44. The number of hydrogen-bond donors (Lipinski definition) is 0. The molecule has 0 bridgehead atoms. The van der Waals surface area contributed by atoms with E-state index in [-0.39, 0.29) is 13.0 Å². The van der Waals surface area contributed by atoms with Crippen LogP contribution >= 0.6 is 0 Å². The molecule has 0 aliphatic carbocycles. The van der Waals surface area contributed by atoms with Crippen molar-refractivity contribution in [2.24, 2.45) is 0 Å². The maximum atomic E-state index is 12.3. The minimum Gasteiger partial charge on any atom is -0.464 e. The van der Waals surface area contributed by atoms with Gasteiger partial charge in [-0.15, -0.1) is 0 Å². The van der Waals surface area contributed by atoms with Gasteiger partial charge in [0.2, 0.25) is 6.29 Å². The van der Waals surface area contributed by atoms with Crippen LogP contribution in [-0.4, -0.2) is 86.2 Å². The fraction of sp³-hybridized carbons (Fsp3) is 0.708. The summed E-state index contributed by atoms with van der Waals surface area (Å²) in [6.07, 6.45) is -8.56. The molecule has 0 aromatic rings. The molecule has 0 spiro atoms. The molecule has 2 rings (SSSR count). The van der Waals surface area contributed by atoms with Gasteiger partial charge in [-0.05, 0) is 26.3 Å². The van der Waals surface area contributed by atoms with Crippen LogP contribution < -0.4 is 0 Å². The van der Waals surface area contributed by atoms with Crippen LogP contribution in [0.25, 0.3) is 0 Å². The highest BCUT2D eigenvalue weighted by atomic mass is 16.8. The summed E-state index contributed by atoms with van der Waals surface area (Å²) < 4.78 is 44.0. The molecule has 0 amide bonds. The molecule has 0 N–H and O–H groups in total. The predicted molar refractivity (Wildman–Crippen MR) is 121 cm³/mol. The monoisotopic (exact) mass is 530 g/mol. The molecule has 13 nitrogen and oxygen atoms in total. The second kappa shape index (κ2) is 13.5. The largest absolute Gasteiger partial charge is 0.464 e. The number of hydrogen-bond acceptors (Lipinski definition) is 13. The van der Waals surface area contributed by atoms with E-state index < -0.39 is 79.6 Å². The number of rotatable bonds is 9. The van der Waals surface area contributed by atoms with Crippen LogP contribution in [0, 0.1) is 0 Å². The van der Waals surface area contributed by atoms with E-state index in [1.165, 1.54) is 6.92 Å². The van der Waals surface area contributed by atoms with E-state index in [0.717, 1.165) is 26.3 Å². The van der Waals surface area contributed by atoms with E-state index in [1.807, 2.05) is 0 Å². The Kier molecular flexibility index (Phi) is 11.0. The van der Waals surface area contributed by atoms with Gasteiger partial charge in [0.05, 0.1) is 6.61 Å². The fourth-order valence-electron chi connectivity index (χ4n) is 3.87. The standard InChI is InChI=1S/C24H34O13/c1-8-30-22(29)17-9-11(2)12(3)23(35-17)37-24-21(34-16(7)28)20(33-15(6)27)19(32-14(5)26)18(36-24)10-31-13(4)25/h17-21,23-24H,8-10H2,1-7H3/t17-,18+,19+,20-,21+,23-,24-/m0/s1. The maximum Gasteiger partial charge on any atom is 0.335 e. The van der Waals surface area contributed by atoms with Crippen LogP contribution in [0.4, 0.5) is 0 Å². The van der Waals surface area contributed by atoms with Gasteiger partial charge in [-0.25, -0.2) is 4.79 Å². The van der Waals surface area contributed by atoms with Crippen molar-refractivity contribution in [1.82, 2.24) is 0 Å². The molecular weight excluding hydrogens is 496 g/mol. The lowest BCUT2D eigenvalue weighted by Crippen LogP contribution is -2.63. The average molecular weight is 531 g/mol. The van der Waals surface area contributed by atoms with Crippen LogP contribution in [0.3, 0.4) is 0 Å². The van der Waals surface area contributed by atoms with Gasteiger partial charge in [-0.1, -0.05) is 5.57 Å². The van der Waals surface area contributed by atoms with Crippen molar-refractivity contribution in [3.63, 3.8) is 0 Å². The summed E-state index contributed by atoms with van der Waals surface area (Å²) >= 11 is 0. The van der Waals surface area contributed by atoms with E-state index in [2.05, 4.69) is 0 Å². The molecule has 0 aromatic carbocycles. The Labute approximate surface area is 214 Å². The first-order valence-electron chi connectivity index (χ1n) is 11.8. The topological polar surface area (TPSA) is 159 Å². The molecule has 37 heavy (non-hydrogen) atoms. The van der Waals surface area contributed by atoms with Crippen molar-refractivity contribution in [2.45, 2.75) is 98.0 Å². The van der Waals surface area contributed by atoms with Gasteiger partial charge in [-0.2, -0.15) is 0 Å². The van der Waals surface area contributed by atoms with Gasteiger partial charge in [-0.3, -0.25) is 19.2 Å². The quantitative estimate of drug-likeness (QED) is 0.237. The average Bonchev–Trinajstić information content (AvgIpc) is 2.78. The van der Waals surface area contributed by atoms with Crippen molar-refractivity contribution in [2.75, 3.05) is 13.2 Å². The first-order chi connectivity index (χ1) is 17.3. The molecule has 0 saturated carbocycles. The Morgan fingerprint density at radius 3 is 1.89 bits per heavy atom. The molecule has 13 heteroatoms. The van der Waals surface area contributed by atoms with Crippen LogP contribution in [-0.2, 0) is 61.9 Å². The zero-order valence-electron chi connectivity index (χ0n) is 22.0. The molecule has 0 unspecified atom stereocenters. The minimum absolute atomic E-state index is 0.158. The van der Waals surface area contributed by atoms with E-state index in [4.69, 9.17) is 37.9 Å². The predicted octanol–water partition coefficient (Wildman–Crippen LogP) is 1.10. The first kappa shape index (κ1) is 30.2. The van der Waals surface area contributed by atoms with Crippen molar-refractivity contribution < 1.29 is 61.9 Å². The third-order valence-corrected chi connectivity index (χ3v) is 5.56. The SMILES string of the molecule is CCOC(=O)[C@@H]1CC(C)=C(C)[C@H](O[C@@H]2O[C@H](COC(C)=O)[C@@H](OC(C)=O)[C@H](OC(C)=O)[C@H]2OC(C)=O)O1. The van der Waals surface area contributed by atoms with Crippen LogP contribution in [0.1, 0.15) is 54.9 Å². The van der Waals surface area contributed by atoms with Crippen LogP contribution in [0.15, 0.2) is 11.1 Å². The van der Waals surface area contributed by atoms with Gasteiger partial charge in [0.1, 0.15) is 12.7 Å². The normalized spacial score (nSPS) is 29.6. The lowest BCUT2D eigenvalue weighted by Gasteiger charge is -2.45. The summed E-state index contributed by atoms with van der Waals surface area (Å²) in [6.45, 7) is 9.49. The third kappa shape index (κ3) is 8.51.